The van der Waals surface area contributed by atoms with Gasteiger partial charge in [0.05, 0.1) is 12.2 Å². The van der Waals surface area contributed by atoms with Crippen LogP contribution in [-0.2, 0) is 6.54 Å². The summed E-state index contributed by atoms with van der Waals surface area (Å²) in [5.74, 6) is -9.94. The summed E-state index contributed by atoms with van der Waals surface area (Å²) in [5, 5.41) is 2.15. The smallest absolute Gasteiger partial charge is 0.200 e. The van der Waals surface area contributed by atoms with Gasteiger partial charge >= 0.3 is 0 Å². The summed E-state index contributed by atoms with van der Waals surface area (Å²) in [7, 11) is 0. The Morgan fingerprint density at radius 2 is 1.42 bits per heavy atom. The van der Waals surface area contributed by atoms with Crippen LogP contribution in [0.25, 0.3) is 0 Å². The Labute approximate surface area is 104 Å². The summed E-state index contributed by atoms with van der Waals surface area (Å²) in [6.07, 6.45) is 1.44. The average Bonchev–Trinajstić information content (AvgIpc) is 2.44. The molecule has 2 nitrogen and oxygen atoms in total. The van der Waals surface area contributed by atoms with Gasteiger partial charge in [0.1, 0.15) is 5.69 Å². The van der Waals surface area contributed by atoms with Crippen molar-refractivity contribution in [3.05, 3.63) is 59.2 Å². The third kappa shape index (κ3) is 2.49. The van der Waals surface area contributed by atoms with Gasteiger partial charge in [0.25, 0.3) is 0 Å². The van der Waals surface area contributed by atoms with Crippen LogP contribution in [0.3, 0.4) is 0 Å². The molecule has 0 amide bonds. The zero-order valence-corrected chi connectivity index (χ0v) is 9.35. The average molecular weight is 274 g/mol. The van der Waals surface area contributed by atoms with Crippen LogP contribution < -0.4 is 5.32 Å². The van der Waals surface area contributed by atoms with Gasteiger partial charge in [-0.2, -0.15) is 0 Å². The van der Waals surface area contributed by atoms with Gasteiger partial charge in [-0.15, -0.1) is 0 Å². The van der Waals surface area contributed by atoms with E-state index in [4.69, 9.17) is 0 Å². The molecule has 2 aromatic rings. The van der Waals surface area contributed by atoms with Gasteiger partial charge in [-0.3, -0.25) is 4.98 Å². The molecular formula is C12H7F5N2. The lowest BCUT2D eigenvalue weighted by atomic mass is 10.2. The lowest BCUT2D eigenvalue weighted by Crippen LogP contribution is -2.10. The molecule has 7 heteroatoms. The van der Waals surface area contributed by atoms with Crippen molar-refractivity contribution in [2.75, 3.05) is 5.32 Å². The molecule has 0 bridgehead atoms. The van der Waals surface area contributed by atoms with E-state index in [-0.39, 0.29) is 6.54 Å². The summed E-state index contributed by atoms with van der Waals surface area (Å²) < 4.78 is 65.2. The fourth-order valence-corrected chi connectivity index (χ4v) is 1.44. The number of hydrogen-bond acceptors (Lipinski definition) is 2. The van der Waals surface area contributed by atoms with Crippen molar-refractivity contribution in [2.45, 2.75) is 6.54 Å². The lowest BCUT2D eigenvalue weighted by molar-refractivity contribution is 0.381. The summed E-state index contributed by atoms with van der Waals surface area (Å²) in [5.41, 5.74) is -0.673. The number of hydrogen-bond donors (Lipinski definition) is 1. The lowest BCUT2D eigenvalue weighted by Gasteiger charge is -2.10. The van der Waals surface area contributed by atoms with Gasteiger partial charge in [-0.25, -0.2) is 22.0 Å². The van der Waals surface area contributed by atoms with E-state index in [0.717, 1.165) is 0 Å². The first kappa shape index (κ1) is 13.3. The Balaban J connectivity index is 2.31. The molecule has 0 aliphatic heterocycles. The maximum absolute atomic E-state index is 13.3. The van der Waals surface area contributed by atoms with Crippen molar-refractivity contribution in [1.29, 1.82) is 0 Å². The molecule has 19 heavy (non-hydrogen) atoms. The minimum absolute atomic E-state index is 0.167. The minimum atomic E-state index is -2.18. The molecule has 0 radical (unpaired) electrons. The third-order valence-electron chi connectivity index (χ3n) is 2.38. The summed E-state index contributed by atoms with van der Waals surface area (Å²) in [6.45, 7) is -0.167. The standard InChI is InChI=1S/C12H7F5N2/c13-7-8(14)10(16)12(11(17)9(7)15)19-5-6-3-1-2-4-18-6/h1-4,19H,5H2. The Hall–Kier alpha value is -2.18. The number of benzene rings is 1. The largest absolute Gasteiger partial charge is 0.374 e. The molecule has 1 aromatic carbocycles. The Morgan fingerprint density at radius 3 is 1.95 bits per heavy atom. The van der Waals surface area contributed by atoms with Crippen LogP contribution in [0.5, 0.6) is 0 Å². The van der Waals surface area contributed by atoms with E-state index in [9.17, 15) is 22.0 Å². The molecule has 100 valence electrons. The van der Waals surface area contributed by atoms with E-state index >= 15 is 0 Å². The fourth-order valence-electron chi connectivity index (χ4n) is 1.44. The van der Waals surface area contributed by atoms with Crippen LogP contribution >= 0.6 is 0 Å². The molecule has 0 fully saturated rings. The van der Waals surface area contributed by atoms with E-state index in [1.165, 1.54) is 6.20 Å². The van der Waals surface area contributed by atoms with Crippen molar-refractivity contribution < 1.29 is 22.0 Å². The molecule has 1 heterocycles. The highest BCUT2D eigenvalue weighted by Gasteiger charge is 2.25. The Kier molecular flexibility index (Phi) is 3.64. The maximum Gasteiger partial charge on any atom is 0.200 e. The van der Waals surface area contributed by atoms with Gasteiger partial charge in [0.2, 0.25) is 5.82 Å². The molecule has 0 aliphatic rings. The quantitative estimate of drug-likeness (QED) is 0.527. The van der Waals surface area contributed by atoms with Crippen LogP contribution in [0.2, 0.25) is 0 Å². The minimum Gasteiger partial charge on any atom is -0.374 e. The van der Waals surface area contributed by atoms with Gasteiger partial charge < -0.3 is 5.32 Å². The van der Waals surface area contributed by atoms with Crippen molar-refractivity contribution >= 4 is 5.69 Å². The van der Waals surface area contributed by atoms with Gasteiger partial charge in [-0.1, -0.05) is 6.07 Å². The molecule has 0 aliphatic carbocycles. The van der Waals surface area contributed by atoms with Crippen LogP contribution in [0, 0.1) is 29.1 Å². The van der Waals surface area contributed by atoms with Crippen molar-refractivity contribution in [1.82, 2.24) is 4.98 Å². The number of halogens is 5. The predicted octanol–water partition coefficient (Wildman–Crippen LogP) is 3.39. The molecule has 0 spiro atoms. The highest BCUT2D eigenvalue weighted by molar-refractivity contribution is 5.47. The van der Waals surface area contributed by atoms with Crippen molar-refractivity contribution in [3.63, 3.8) is 0 Å². The maximum atomic E-state index is 13.3. The number of anilines is 1. The highest BCUT2D eigenvalue weighted by Crippen LogP contribution is 2.27. The fraction of sp³-hybridized carbons (Fsp3) is 0.0833. The summed E-state index contributed by atoms with van der Waals surface area (Å²) in [6, 6.07) is 4.80. The second-order valence-electron chi connectivity index (χ2n) is 3.62. The predicted molar refractivity (Wildman–Crippen MR) is 57.8 cm³/mol. The number of nitrogens with zero attached hydrogens (tertiary/aromatic N) is 1. The van der Waals surface area contributed by atoms with E-state index < -0.39 is 34.8 Å². The second kappa shape index (κ2) is 5.21. The molecule has 0 atom stereocenters. The van der Waals surface area contributed by atoms with Crippen molar-refractivity contribution in [2.24, 2.45) is 0 Å². The SMILES string of the molecule is Fc1c(F)c(F)c(NCc2ccccn2)c(F)c1F. The molecular weight excluding hydrogens is 267 g/mol. The first-order chi connectivity index (χ1) is 9.02. The zero-order valence-electron chi connectivity index (χ0n) is 9.35. The van der Waals surface area contributed by atoms with E-state index in [0.29, 0.717) is 5.69 Å². The molecule has 0 unspecified atom stereocenters. The molecule has 0 saturated heterocycles. The van der Waals surface area contributed by atoms with Gasteiger partial charge in [0, 0.05) is 6.20 Å². The summed E-state index contributed by atoms with van der Waals surface area (Å²) >= 11 is 0. The summed E-state index contributed by atoms with van der Waals surface area (Å²) in [4.78, 5) is 3.85. The number of pyridine rings is 1. The van der Waals surface area contributed by atoms with Gasteiger partial charge in [0.15, 0.2) is 23.3 Å². The number of nitrogens with one attached hydrogen (secondary N) is 1. The molecule has 0 saturated carbocycles. The van der Waals surface area contributed by atoms with E-state index in [1.807, 2.05) is 0 Å². The van der Waals surface area contributed by atoms with Crippen molar-refractivity contribution in [3.8, 4) is 0 Å². The first-order valence-corrected chi connectivity index (χ1v) is 5.17. The Bertz CT molecular complexity index is 572. The van der Waals surface area contributed by atoms with Crippen LogP contribution in [0.1, 0.15) is 5.69 Å². The topological polar surface area (TPSA) is 24.9 Å². The van der Waals surface area contributed by atoms with Crippen LogP contribution in [-0.4, -0.2) is 4.98 Å². The first-order valence-electron chi connectivity index (χ1n) is 5.17. The molecule has 2 rings (SSSR count). The molecule has 1 N–H and O–H groups in total. The van der Waals surface area contributed by atoms with Crippen LogP contribution in [0.4, 0.5) is 27.6 Å². The van der Waals surface area contributed by atoms with Crippen LogP contribution in [0.15, 0.2) is 24.4 Å². The monoisotopic (exact) mass is 274 g/mol. The van der Waals surface area contributed by atoms with E-state index in [1.54, 1.807) is 18.2 Å². The Morgan fingerprint density at radius 1 is 0.842 bits per heavy atom. The highest BCUT2D eigenvalue weighted by atomic mass is 19.2. The normalized spacial score (nSPS) is 10.6. The zero-order chi connectivity index (χ0) is 14.0. The van der Waals surface area contributed by atoms with Gasteiger partial charge in [-0.05, 0) is 12.1 Å². The molecule has 1 aromatic heterocycles. The van der Waals surface area contributed by atoms with E-state index in [2.05, 4.69) is 10.3 Å². The second-order valence-corrected chi connectivity index (χ2v) is 3.62. The number of rotatable bonds is 3. The third-order valence-corrected chi connectivity index (χ3v) is 2.38. The number of aromatic nitrogens is 1.